The topological polar surface area (TPSA) is 18.5 Å². The van der Waals surface area contributed by atoms with Crippen molar-refractivity contribution in [3.05, 3.63) is 12.3 Å². The second-order valence-corrected chi connectivity index (χ2v) is 8.64. The summed E-state index contributed by atoms with van der Waals surface area (Å²) in [6.45, 7) is 16.4. The number of rotatable bonds is 10. The molecule has 0 saturated heterocycles. The molecule has 102 valence electrons. The molecule has 0 aliphatic rings. The number of hydrogen-bond acceptors (Lipinski definition) is 2. The van der Waals surface area contributed by atoms with Crippen LogP contribution in [0.3, 0.4) is 0 Å². The fraction of sp³-hybridized carbons (Fsp3) is 0.857. The highest BCUT2D eigenvalue weighted by atomic mass is 28.4. The molecule has 0 atom stereocenters. The zero-order valence-corrected chi connectivity index (χ0v) is 13.3. The Labute approximate surface area is 109 Å². The molecule has 0 aromatic carbocycles. The van der Waals surface area contributed by atoms with Gasteiger partial charge < -0.3 is 8.85 Å². The van der Waals surface area contributed by atoms with Crippen LogP contribution in [0.2, 0.25) is 6.04 Å². The molecule has 3 heteroatoms. The Balaban J connectivity index is 4.43. The first-order chi connectivity index (χ1) is 7.95. The van der Waals surface area contributed by atoms with E-state index in [0.29, 0.717) is 11.8 Å². The Hall–Kier alpha value is -0.123. The molecule has 0 spiro atoms. The van der Waals surface area contributed by atoms with Crippen molar-refractivity contribution in [3.8, 4) is 0 Å². The lowest BCUT2D eigenvalue weighted by atomic mass is 10.2. The highest BCUT2D eigenvalue weighted by Gasteiger charge is 2.34. The van der Waals surface area contributed by atoms with Crippen molar-refractivity contribution in [1.29, 1.82) is 0 Å². The molecular weight excluding hydrogens is 228 g/mol. The predicted octanol–water partition coefficient (Wildman–Crippen LogP) is 4.30. The maximum Gasteiger partial charge on any atom is 0.364 e. The molecule has 2 nitrogen and oxygen atoms in total. The van der Waals surface area contributed by atoms with Gasteiger partial charge in [-0.1, -0.05) is 47.5 Å². The Morgan fingerprint density at radius 1 is 1.06 bits per heavy atom. The van der Waals surface area contributed by atoms with Crippen molar-refractivity contribution < 1.29 is 8.85 Å². The third-order valence-electron chi connectivity index (χ3n) is 2.51. The highest BCUT2D eigenvalue weighted by Crippen LogP contribution is 2.20. The van der Waals surface area contributed by atoms with E-state index in [0.717, 1.165) is 25.7 Å². The monoisotopic (exact) mass is 258 g/mol. The van der Waals surface area contributed by atoms with E-state index >= 15 is 0 Å². The van der Waals surface area contributed by atoms with Gasteiger partial charge in [0.25, 0.3) is 0 Å². The summed E-state index contributed by atoms with van der Waals surface area (Å²) in [6, 6.07) is 1.03. The molecule has 0 rings (SSSR count). The lowest BCUT2D eigenvalue weighted by Crippen LogP contribution is -2.42. The average molecular weight is 258 g/mol. The average Bonchev–Trinajstić information content (AvgIpc) is 2.28. The van der Waals surface area contributed by atoms with Gasteiger partial charge in [-0.25, -0.2) is 0 Å². The van der Waals surface area contributed by atoms with E-state index in [1.807, 2.05) is 5.70 Å². The maximum atomic E-state index is 6.09. The minimum atomic E-state index is -2.15. The van der Waals surface area contributed by atoms with Gasteiger partial charge in [0, 0.05) is 13.2 Å². The molecule has 0 aliphatic heterocycles. The van der Waals surface area contributed by atoms with Crippen LogP contribution in [0, 0.1) is 11.8 Å². The predicted molar refractivity (Wildman–Crippen MR) is 77.2 cm³/mol. The van der Waals surface area contributed by atoms with Crippen LogP contribution in [0.25, 0.3) is 0 Å². The lowest BCUT2D eigenvalue weighted by molar-refractivity contribution is 0.146. The van der Waals surface area contributed by atoms with Gasteiger partial charge in [-0.15, -0.1) is 6.58 Å². The van der Waals surface area contributed by atoms with Crippen molar-refractivity contribution in [2.75, 3.05) is 13.2 Å². The summed E-state index contributed by atoms with van der Waals surface area (Å²) in [6.07, 6.45) is 2.34. The zero-order chi connectivity index (χ0) is 13.3. The second-order valence-electron chi connectivity index (χ2n) is 5.53. The molecular formula is C14H30O2Si. The molecule has 0 amide bonds. The Morgan fingerprint density at radius 2 is 1.53 bits per heavy atom. The van der Waals surface area contributed by atoms with Gasteiger partial charge in [-0.05, 0) is 23.6 Å². The van der Waals surface area contributed by atoms with Gasteiger partial charge >= 0.3 is 8.56 Å². The first-order valence-corrected chi connectivity index (χ1v) is 8.97. The van der Waals surface area contributed by atoms with E-state index in [9.17, 15) is 0 Å². The van der Waals surface area contributed by atoms with Gasteiger partial charge in [0.15, 0.2) is 0 Å². The van der Waals surface area contributed by atoms with Crippen LogP contribution in [0.1, 0.15) is 47.5 Å². The molecule has 0 bridgehead atoms. The SMILES string of the molecule is C=C[Si](CCCC)(OCC(C)C)OCC(C)C. The van der Waals surface area contributed by atoms with Crippen LogP contribution in [0.4, 0.5) is 0 Å². The van der Waals surface area contributed by atoms with Crippen molar-refractivity contribution in [2.45, 2.75) is 53.5 Å². The van der Waals surface area contributed by atoms with Gasteiger partial charge in [0.1, 0.15) is 0 Å². The first kappa shape index (κ1) is 16.9. The van der Waals surface area contributed by atoms with Crippen LogP contribution in [-0.2, 0) is 8.85 Å². The van der Waals surface area contributed by atoms with Crippen LogP contribution in [-0.4, -0.2) is 21.8 Å². The summed E-state index contributed by atoms with van der Waals surface area (Å²) in [5, 5.41) is 0. The number of unbranched alkanes of at least 4 members (excludes halogenated alkanes) is 1. The molecule has 0 saturated carbocycles. The van der Waals surface area contributed by atoms with E-state index in [2.05, 4.69) is 41.2 Å². The van der Waals surface area contributed by atoms with E-state index in [1.165, 1.54) is 6.42 Å². The molecule has 0 unspecified atom stereocenters. The summed E-state index contributed by atoms with van der Waals surface area (Å²) in [5.41, 5.74) is 1.97. The van der Waals surface area contributed by atoms with Gasteiger partial charge in [-0.3, -0.25) is 0 Å². The minimum Gasteiger partial charge on any atom is -0.391 e. The molecule has 17 heavy (non-hydrogen) atoms. The minimum absolute atomic E-state index is 0.547. The van der Waals surface area contributed by atoms with Gasteiger partial charge in [0.2, 0.25) is 0 Å². The van der Waals surface area contributed by atoms with E-state index in [-0.39, 0.29) is 0 Å². The van der Waals surface area contributed by atoms with Gasteiger partial charge in [0.05, 0.1) is 0 Å². The zero-order valence-electron chi connectivity index (χ0n) is 12.3. The second kappa shape index (κ2) is 8.89. The smallest absolute Gasteiger partial charge is 0.364 e. The van der Waals surface area contributed by atoms with Crippen molar-refractivity contribution in [2.24, 2.45) is 11.8 Å². The quantitative estimate of drug-likeness (QED) is 0.544. The summed E-state index contributed by atoms with van der Waals surface area (Å²) in [7, 11) is -2.15. The van der Waals surface area contributed by atoms with Crippen molar-refractivity contribution in [1.82, 2.24) is 0 Å². The Bertz CT molecular complexity index is 190. The van der Waals surface area contributed by atoms with E-state index < -0.39 is 8.56 Å². The third kappa shape index (κ3) is 7.74. The fourth-order valence-corrected chi connectivity index (χ4v) is 4.33. The molecule has 0 heterocycles. The van der Waals surface area contributed by atoms with Crippen LogP contribution < -0.4 is 0 Å². The summed E-state index contributed by atoms with van der Waals surface area (Å²) >= 11 is 0. The molecule has 0 aromatic heterocycles. The van der Waals surface area contributed by atoms with E-state index in [4.69, 9.17) is 8.85 Å². The van der Waals surface area contributed by atoms with Crippen LogP contribution >= 0.6 is 0 Å². The van der Waals surface area contributed by atoms with Crippen molar-refractivity contribution >= 4 is 8.56 Å². The molecule has 0 aromatic rings. The standard InChI is InChI=1S/C14H30O2Si/c1-7-9-10-17(8-2,15-11-13(3)4)16-12-14(5)6/h8,13-14H,2,7,9-12H2,1,3-6H3. The largest absolute Gasteiger partial charge is 0.391 e. The van der Waals surface area contributed by atoms with Crippen LogP contribution in [0.15, 0.2) is 12.3 Å². The third-order valence-corrected chi connectivity index (χ3v) is 5.49. The molecule has 0 radical (unpaired) electrons. The normalized spacial score (nSPS) is 12.4. The number of hydrogen-bond donors (Lipinski definition) is 0. The summed E-state index contributed by atoms with van der Waals surface area (Å²) < 4.78 is 12.2. The maximum absolute atomic E-state index is 6.09. The lowest BCUT2D eigenvalue weighted by Gasteiger charge is -2.29. The van der Waals surface area contributed by atoms with Crippen LogP contribution in [0.5, 0.6) is 0 Å². The van der Waals surface area contributed by atoms with E-state index in [1.54, 1.807) is 0 Å². The Morgan fingerprint density at radius 3 is 1.82 bits per heavy atom. The summed E-state index contributed by atoms with van der Waals surface area (Å²) in [4.78, 5) is 0. The fourth-order valence-electron chi connectivity index (χ4n) is 1.44. The van der Waals surface area contributed by atoms with Gasteiger partial charge in [-0.2, -0.15) is 0 Å². The first-order valence-electron chi connectivity index (χ1n) is 6.87. The Kier molecular flexibility index (Phi) is 8.83. The summed E-state index contributed by atoms with van der Waals surface area (Å²) in [5.74, 6) is 1.09. The van der Waals surface area contributed by atoms with Crippen molar-refractivity contribution in [3.63, 3.8) is 0 Å². The molecule has 0 N–H and O–H groups in total. The highest BCUT2D eigenvalue weighted by molar-refractivity contribution is 6.72. The molecule has 0 aliphatic carbocycles. The molecule has 0 fully saturated rings.